The SMILES string of the molecule is CC1CCC(N(C)C(=O)Cn2nnc(-c3cccs3)n2)CC1. The number of rotatable bonds is 4. The largest absolute Gasteiger partial charge is 0.341 e. The number of nitrogens with zero attached hydrogens (tertiary/aromatic N) is 5. The van der Waals surface area contributed by atoms with Crippen LogP contribution >= 0.6 is 11.3 Å². The highest BCUT2D eigenvalue weighted by atomic mass is 32.1. The third kappa shape index (κ3) is 3.35. The van der Waals surface area contributed by atoms with Gasteiger partial charge in [0.2, 0.25) is 11.7 Å². The van der Waals surface area contributed by atoms with E-state index < -0.39 is 0 Å². The van der Waals surface area contributed by atoms with E-state index in [-0.39, 0.29) is 12.5 Å². The van der Waals surface area contributed by atoms with E-state index in [4.69, 9.17) is 0 Å². The molecule has 1 amide bonds. The van der Waals surface area contributed by atoms with Gasteiger partial charge in [0.05, 0.1) is 4.88 Å². The monoisotopic (exact) mass is 319 g/mol. The lowest BCUT2D eigenvalue weighted by molar-refractivity contribution is -0.133. The predicted octanol–water partition coefficient (Wildman–Crippen LogP) is 2.44. The number of hydrogen-bond donors (Lipinski definition) is 0. The number of carbonyl (C=O) groups excluding carboxylic acids is 1. The summed E-state index contributed by atoms with van der Waals surface area (Å²) in [6, 6.07) is 4.25. The van der Waals surface area contributed by atoms with Crippen LogP contribution in [-0.4, -0.2) is 44.1 Å². The van der Waals surface area contributed by atoms with Gasteiger partial charge in [0, 0.05) is 13.1 Å². The van der Waals surface area contributed by atoms with E-state index in [0.29, 0.717) is 11.9 Å². The fourth-order valence-corrected chi connectivity index (χ4v) is 3.53. The summed E-state index contributed by atoms with van der Waals surface area (Å²) in [5.41, 5.74) is 0. The topological polar surface area (TPSA) is 63.9 Å². The van der Waals surface area contributed by atoms with Crippen molar-refractivity contribution in [1.82, 2.24) is 25.1 Å². The highest BCUT2D eigenvalue weighted by Crippen LogP contribution is 2.26. The van der Waals surface area contributed by atoms with Gasteiger partial charge in [-0.05, 0) is 48.3 Å². The van der Waals surface area contributed by atoms with Crippen molar-refractivity contribution in [3.63, 3.8) is 0 Å². The van der Waals surface area contributed by atoms with Crippen molar-refractivity contribution in [2.75, 3.05) is 7.05 Å². The Kier molecular flexibility index (Phi) is 4.52. The average Bonchev–Trinajstić information content (AvgIpc) is 3.18. The van der Waals surface area contributed by atoms with Crippen molar-refractivity contribution in [1.29, 1.82) is 0 Å². The lowest BCUT2D eigenvalue weighted by atomic mass is 9.87. The third-order valence-corrected chi connectivity index (χ3v) is 5.26. The second-order valence-corrected chi connectivity index (χ2v) is 6.99. The minimum atomic E-state index is 0.0506. The highest BCUT2D eigenvalue weighted by molar-refractivity contribution is 7.13. The zero-order valence-corrected chi connectivity index (χ0v) is 13.8. The van der Waals surface area contributed by atoms with Crippen LogP contribution in [0.15, 0.2) is 17.5 Å². The Balaban J connectivity index is 1.59. The molecule has 6 nitrogen and oxygen atoms in total. The van der Waals surface area contributed by atoms with Crippen LogP contribution in [0.5, 0.6) is 0 Å². The normalized spacial score (nSPS) is 21.7. The molecule has 0 aromatic carbocycles. The summed E-state index contributed by atoms with van der Waals surface area (Å²) in [4.78, 5) is 16.6. The molecule has 0 aliphatic heterocycles. The van der Waals surface area contributed by atoms with Crippen molar-refractivity contribution in [2.24, 2.45) is 5.92 Å². The van der Waals surface area contributed by atoms with Crippen molar-refractivity contribution in [3.05, 3.63) is 17.5 Å². The molecule has 1 saturated carbocycles. The first kappa shape index (κ1) is 15.1. The molecule has 7 heteroatoms. The summed E-state index contributed by atoms with van der Waals surface area (Å²) in [6.07, 6.45) is 4.59. The molecule has 0 bridgehead atoms. The quantitative estimate of drug-likeness (QED) is 0.868. The molecule has 0 N–H and O–H groups in total. The number of thiophene rings is 1. The Bertz CT molecular complexity index is 616. The average molecular weight is 319 g/mol. The predicted molar refractivity (Wildman–Crippen MR) is 85.3 cm³/mol. The molecule has 22 heavy (non-hydrogen) atoms. The lowest BCUT2D eigenvalue weighted by Crippen LogP contribution is -2.41. The van der Waals surface area contributed by atoms with Crippen LogP contribution in [-0.2, 0) is 11.3 Å². The maximum Gasteiger partial charge on any atom is 0.246 e. The first-order valence-corrected chi connectivity index (χ1v) is 8.59. The maximum atomic E-state index is 12.4. The summed E-state index contributed by atoms with van der Waals surface area (Å²) < 4.78 is 0. The van der Waals surface area contributed by atoms with Crippen molar-refractivity contribution in [3.8, 4) is 10.7 Å². The minimum Gasteiger partial charge on any atom is -0.341 e. The second kappa shape index (κ2) is 6.56. The standard InChI is InChI=1S/C15H21N5OS/c1-11-5-7-12(8-6-11)19(2)14(21)10-20-17-15(16-18-20)13-4-3-9-22-13/h3-4,9,11-12H,5-8,10H2,1-2H3. The number of likely N-dealkylation sites (N-methyl/N-ethyl adjacent to an activating group) is 1. The van der Waals surface area contributed by atoms with Gasteiger partial charge in [-0.2, -0.15) is 4.80 Å². The molecule has 2 heterocycles. The van der Waals surface area contributed by atoms with E-state index in [1.807, 2.05) is 29.5 Å². The number of hydrogen-bond acceptors (Lipinski definition) is 5. The smallest absolute Gasteiger partial charge is 0.246 e. The zero-order valence-electron chi connectivity index (χ0n) is 13.0. The van der Waals surface area contributed by atoms with Crippen LogP contribution in [0.3, 0.4) is 0 Å². The molecule has 1 fully saturated rings. The van der Waals surface area contributed by atoms with E-state index in [2.05, 4.69) is 22.3 Å². The van der Waals surface area contributed by atoms with Gasteiger partial charge in [0.15, 0.2) is 0 Å². The van der Waals surface area contributed by atoms with E-state index in [1.165, 1.54) is 17.6 Å². The molecule has 1 aliphatic rings. The van der Waals surface area contributed by atoms with Crippen LogP contribution in [0.25, 0.3) is 10.7 Å². The number of carbonyl (C=O) groups is 1. The highest BCUT2D eigenvalue weighted by Gasteiger charge is 2.25. The Morgan fingerprint density at radius 2 is 2.18 bits per heavy atom. The van der Waals surface area contributed by atoms with Gasteiger partial charge in [-0.15, -0.1) is 21.5 Å². The summed E-state index contributed by atoms with van der Waals surface area (Å²) in [7, 11) is 1.89. The summed E-state index contributed by atoms with van der Waals surface area (Å²) >= 11 is 1.56. The number of aromatic nitrogens is 4. The van der Waals surface area contributed by atoms with Gasteiger partial charge in [0.1, 0.15) is 6.54 Å². The van der Waals surface area contributed by atoms with E-state index >= 15 is 0 Å². The Labute approximate surface area is 134 Å². The molecule has 1 aliphatic carbocycles. The molecule has 0 unspecified atom stereocenters. The summed E-state index contributed by atoms with van der Waals surface area (Å²) in [5, 5.41) is 14.3. The summed E-state index contributed by atoms with van der Waals surface area (Å²) in [5.74, 6) is 1.41. The zero-order chi connectivity index (χ0) is 15.5. The Morgan fingerprint density at radius 1 is 1.41 bits per heavy atom. The van der Waals surface area contributed by atoms with Crippen molar-refractivity contribution in [2.45, 2.75) is 45.2 Å². The maximum absolute atomic E-state index is 12.4. The van der Waals surface area contributed by atoms with Gasteiger partial charge in [-0.25, -0.2) is 0 Å². The summed E-state index contributed by atoms with van der Waals surface area (Å²) in [6.45, 7) is 2.43. The van der Waals surface area contributed by atoms with E-state index in [1.54, 1.807) is 11.3 Å². The van der Waals surface area contributed by atoms with Gasteiger partial charge in [-0.3, -0.25) is 4.79 Å². The molecule has 2 aromatic rings. The minimum absolute atomic E-state index is 0.0506. The molecule has 118 valence electrons. The van der Waals surface area contributed by atoms with Crippen LogP contribution in [0, 0.1) is 5.92 Å². The van der Waals surface area contributed by atoms with E-state index in [9.17, 15) is 4.79 Å². The Hall–Kier alpha value is -1.76. The number of amides is 1. The van der Waals surface area contributed by atoms with Gasteiger partial charge >= 0.3 is 0 Å². The van der Waals surface area contributed by atoms with Gasteiger partial charge in [0.25, 0.3) is 0 Å². The fourth-order valence-electron chi connectivity index (χ4n) is 2.88. The molecule has 0 atom stereocenters. The molecule has 0 spiro atoms. The molecule has 0 radical (unpaired) electrons. The molecule has 3 rings (SSSR count). The molecular formula is C15H21N5OS. The van der Waals surface area contributed by atoms with Crippen LogP contribution in [0.2, 0.25) is 0 Å². The Morgan fingerprint density at radius 3 is 2.86 bits per heavy atom. The van der Waals surface area contributed by atoms with E-state index in [0.717, 1.165) is 23.6 Å². The number of tetrazole rings is 1. The lowest BCUT2D eigenvalue weighted by Gasteiger charge is -2.33. The second-order valence-electron chi connectivity index (χ2n) is 6.04. The molecule has 2 aromatic heterocycles. The van der Waals surface area contributed by atoms with Crippen LogP contribution < -0.4 is 0 Å². The first-order valence-electron chi connectivity index (χ1n) is 7.71. The van der Waals surface area contributed by atoms with Crippen molar-refractivity contribution >= 4 is 17.2 Å². The molecule has 0 saturated heterocycles. The third-order valence-electron chi connectivity index (χ3n) is 4.40. The fraction of sp³-hybridized carbons (Fsp3) is 0.600. The van der Waals surface area contributed by atoms with Gasteiger partial charge < -0.3 is 4.90 Å². The van der Waals surface area contributed by atoms with Gasteiger partial charge in [-0.1, -0.05) is 13.0 Å². The van der Waals surface area contributed by atoms with Crippen LogP contribution in [0.1, 0.15) is 32.6 Å². The molecular weight excluding hydrogens is 298 g/mol. The van der Waals surface area contributed by atoms with Crippen molar-refractivity contribution < 1.29 is 4.79 Å². The first-order chi connectivity index (χ1) is 10.6. The van der Waals surface area contributed by atoms with Crippen LogP contribution in [0.4, 0.5) is 0 Å².